The van der Waals surface area contributed by atoms with Crippen LogP contribution in [0.3, 0.4) is 0 Å². The summed E-state index contributed by atoms with van der Waals surface area (Å²) in [6.45, 7) is 4.10. The number of nitriles is 1. The van der Waals surface area contributed by atoms with Crippen molar-refractivity contribution in [2.45, 2.75) is 38.8 Å². The zero-order valence-corrected chi connectivity index (χ0v) is 12.9. The third-order valence-corrected chi connectivity index (χ3v) is 4.05. The van der Waals surface area contributed by atoms with Crippen LogP contribution in [0.15, 0.2) is 24.3 Å². The summed E-state index contributed by atoms with van der Waals surface area (Å²) in [6.07, 6.45) is 2.39. The summed E-state index contributed by atoms with van der Waals surface area (Å²) >= 11 is 0. The second-order valence-corrected chi connectivity index (χ2v) is 5.80. The molecule has 1 aliphatic rings. The fourth-order valence-electron chi connectivity index (χ4n) is 2.82. The van der Waals surface area contributed by atoms with Gasteiger partial charge < -0.3 is 5.32 Å². The van der Waals surface area contributed by atoms with Crippen molar-refractivity contribution < 1.29 is 9.18 Å². The Kier molecular flexibility index (Phi) is 5.91. The van der Waals surface area contributed by atoms with Crippen LogP contribution in [0.1, 0.15) is 31.7 Å². The number of hydrogen-bond acceptors (Lipinski definition) is 3. The molecule has 0 saturated carbocycles. The Morgan fingerprint density at radius 2 is 2.41 bits per heavy atom. The predicted molar refractivity (Wildman–Crippen MR) is 82.2 cm³/mol. The fourth-order valence-corrected chi connectivity index (χ4v) is 2.82. The van der Waals surface area contributed by atoms with Crippen LogP contribution in [0.25, 0.3) is 0 Å². The van der Waals surface area contributed by atoms with E-state index in [0.29, 0.717) is 19.5 Å². The Morgan fingerprint density at radius 1 is 1.59 bits per heavy atom. The lowest BCUT2D eigenvalue weighted by Gasteiger charge is -2.32. The lowest BCUT2D eigenvalue weighted by Crippen LogP contribution is -2.45. The summed E-state index contributed by atoms with van der Waals surface area (Å²) in [4.78, 5) is 14.4. The first-order chi connectivity index (χ1) is 10.6. The zero-order valence-electron chi connectivity index (χ0n) is 12.9. The molecule has 0 spiro atoms. The minimum atomic E-state index is -0.411. The van der Waals surface area contributed by atoms with E-state index in [1.54, 1.807) is 6.07 Å². The van der Waals surface area contributed by atoms with E-state index in [2.05, 4.69) is 16.3 Å². The SMILES string of the molecule is CC[C@H](C#N)NC(=O)[C@@H]1CCCN(Cc2cccc(F)c2)C1. The molecule has 1 aromatic carbocycles. The van der Waals surface area contributed by atoms with Crippen LogP contribution in [0.5, 0.6) is 0 Å². The molecule has 0 radical (unpaired) electrons. The molecule has 0 aromatic heterocycles. The molecule has 0 aliphatic carbocycles. The van der Waals surface area contributed by atoms with Gasteiger partial charge in [0.15, 0.2) is 0 Å². The van der Waals surface area contributed by atoms with Crippen molar-refractivity contribution in [3.63, 3.8) is 0 Å². The van der Waals surface area contributed by atoms with Gasteiger partial charge in [-0.25, -0.2) is 4.39 Å². The van der Waals surface area contributed by atoms with Gasteiger partial charge in [0.05, 0.1) is 12.0 Å². The van der Waals surface area contributed by atoms with Crippen LogP contribution in [-0.4, -0.2) is 29.9 Å². The molecule has 5 heteroatoms. The molecule has 0 bridgehead atoms. The van der Waals surface area contributed by atoms with Crippen LogP contribution in [0.2, 0.25) is 0 Å². The standard InChI is InChI=1S/C17H22FN3O/c1-2-16(10-19)20-17(22)14-6-4-8-21(12-14)11-13-5-3-7-15(18)9-13/h3,5,7,9,14,16H,2,4,6,8,11-12H2,1H3,(H,20,22)/t14-,16-/m1/s1. The summed E-state index contributed by atoms with van der Waals surface area (Å²) in [6, 6.07) is 8.25. The summed E-state index contributed by atoms with van der Waals surface area (Å²) in [5.74, 6) is -0.370. The van der Waals surface area contributed by atoms with E-state index in [-0.39, 0.29) is 17.6 Å². The number of carbonyl (C=O) groups excluding carboxylic acids is 1. The number of piperidine rings is 1. The van der Waals surface area contributed by atoms with Crippen molar-refractivity contribution in [1.82, 2.24) is 10.2 Å². The van der Waals surface area contributed by atoms with E-state index in [1.807, 2.05) is 13.0 Å². The van der Waals surface area contributed by atoms with Gasteiger partial charge in [-0.15, -0.1) is 0 Å². The first-order valence-electron chi connectivity index (χ1n) is 7.79. The maximum atomic E-state index is 13.2. The lowest BCUT2D eigenvalue weighted by molar-refractivity contribution is -0.127. The smallest absolute Gasteiger partial charge is 0.225 e. The van der Waals surface area contributed by atoms with Crippen molar-refractivity contribution in [3.8, 4) is 6.07 Å². The molecule has 4 nitrogen and oxygen atoms in total. The van der Waals surface area contributed by atoms with E-state index in [1.165, 1.54) is 12.1 Å². The molecule has 1 aromatic rings. The molecule has 1 fully saturated rings. The van der Waals surface area contributed by atoms with Crippen LogP contribution < -0.4 is 5.32 Å². The molecule has 1 aliphatic heterocycles. The number of benzene rings is 1. The lowest BCUT2D eigenvalue weighted by atomic mass is 9.96. The number of halogens is 1. The highest BCUT2D eigenvalue weighted by atomic mass is 19.1. The monoisotopic (exact) mass is 303 g/mol. The van der Waals surface area contributed by atoms with Crippen LogP contribution >= 0.6 is 0 Å². The number of amides is 1. The largest absolute Gasteiger partial charge is 0.340 e. The van der Waals surface area contributed by atoms with Crippen molar-refractivity contribution >= 4 is 5.91 Å². The van der Waals surface area contributed by atoms with Crippen molar-refractivity contribution in [1.29, 1.82) is 5.26 Å². The van der Waals surface area contributed by atoms with Crippen LogP contribution in [0.4, 0.5) is 4.39 Å². The molecular formula is C17H22FN3O. The third kappa shape index (κ3) is 4.54. The van der Waals surface area contributed by atoms with Crippen molar-refractivity contribution in [2.75, 3.05) is 13.1 Å². The average molecular weight is 303 g/mol. The minimum absolute atomic E-state index is 0.0441. The Hall–Kier alpha value is -1.93. The third-order valence-electron chi connectivity index (χ3n) is 4.05. The number of rotatable bonds is 5. The van der Waals surface area contributed by atoms with E-state index in [0.717, 1.165) is 24.9 Å². The van der Waals surface area contributed by atoms with Gasteiger partial charge in [0.25, 0.3) is 0 Å². The van der Waals surface area contributed by atoms with Gasteiger partial charge >= 0.3 is 0 Å². The molecular weight excluding hydrogens is 281 g/mol. The predicted octanol–water partition coefficient (Wildman–Crippen LogP) is 2.46. The molecule has 1 N–H and O–H groups in total. The van der Waals surface area contributed by atoms with E-state index >= 15 is 0 Å². The van der Waals surface area contributed by atoms with Gasteiger partial charge in [-0.3, -0.25) is 9.69 Å². The number of hydrogen-bond donors (Lipinski definition) is 1. The molecule has 1 saturated heterocycles. The molecule has 0 unspecified atom stereocenters. The van der Waals surface area contributed by atoms with Crippen LogP contribution in [-0.2, 0) is 11.3 Å². The van der Waals surface area contributed by atoms with E-state index < -0.39 is 6.04 Å². The second kappa shape index (κ2) is 7.90. The van der Waals surface area contributed by atoms with Crippen molar-refractivity contribution in [3.05, 3.63) is 35.6 Å². The van der Waals surface area contributed by atoms with Gasteiger partial charge in [-0.05, 0) is 43.5 Å². The minimum Gasteiger partial charge on any atom is -0.340 e. The molecule has 2 rings (SSSR count). The first kappa shape index (κ1) is 16.4. The second-order valence-electron chi connectivity index (χ2n) is 5.80. The van der Waals surface area contributed by atoms with Gasteiger partial charge in [-0.1, -0.05) is 19.1 Å². The Balaban J connectivity index is 1.91. The quantitative estimate of drug-likeness (QED) is 0.909. The van der Waals surface area contributed by atoms with Crippen LogP contribution in [0, 0.1) is 23.1 Å². The molecule has 118 valence electrons. The van der Waals surface area contributed by atoms with Gasteiger partial charge in [0.2, 0.25) is 5.91 Å². The maximum absolute atomic E-state index is 13.2. The maximum Gasteiger partial charge on any atom is 0.225 e. The Bertz CT molecular complexity index is 555. The summed E-state index contributed by atoms with van der Waals surface area (Å²) in [5.41, 5.74) is 0.921. The number of nitrogens with zero attached hydrogens (tertiary/aromatic N) is 2. The fraction of sp³-hybridized carbons (Fsp3) is 0.529. The summed E-state index contributed by atoms with van der Waals surface area (Å²) in [7, 11) is 0. The Morgan fingerprint density at radius 3 is 3.09 bits per heavy atom. The normalized spacial score (nSPS) is 20.1. The van der Waals surface area contributed by atoms with Gasteiger partial charge in [0.1, 0.15) is 11.9 Å². The van der Waals surface area contributed by atoms with Gasteiger partial charge in [-0.2, -0.15) is 5.26 Å². The molecule has 1 amide bonds. The van der Waals surface area contributed by atoms with Crippen molar-refractivity contribution in [2.24, 2.45) is 5.92 Å². The molecule has 22 heavy (non-hydrogen) atoms. The molecule has 2 atom stereocenters. The number of likely N-dealkylation sites (tertiary alicyclic amines) is 1. The van der Waals surface area contributed by atoms with E-state index in [4.69, 9.17) is 5.26 Å². The molecule has 1 heterocycles. The number of carbonyl (C=O) groups is 1. The topological polar surface area (TPSA) is 56.1 Å². The summed E-state index contributed by atoms with van der Waals surface area (Å²) in [5, 5.41) is 11.7. The summed E-state index contributed by atoms with van der Waals surface area (Å²) < 4.78 is 13.2. The first-order valence-corrected chi connectivity index (χ1v) is 7.79. The van der Waals surface area contributed by atoms with Gasteiger partial charge in [0, 0.05) is 13.1 Å². The Labute approximate surface area is 130 Å². The zero-order chi connectivity index (χ0) is 15.9. The highest BCUT2D eigenvalue weighted by molar-refractivity contribution is 5.79. The highest BCUT2D eigenvalue weighted by Crippen LogP contribution is 2.19. The highest BCUT2D eigenvalue weighted by Gasteiger charge is 2.26. The average Bonchev–Trinajstić information content (AvgIpc) is 2.52. The van der Waals surface area contributed by atoms with E-state index in [9.17, 15) is 9.18 Å². The number of nitrogens with one attached hydrogen (secondary N) is 1.